The Kier molecular flexibility index (Phi) is 8.53. The summed E-state index contributed by atoms with van der Waals surface area (Å²) in [6.07, 6.45) is 5.42. The van der Waals surface area contributed by atoms with E-state index in [-0.39, 0.29) is 29.3 Å². The lowest BCUT2D eigenvalue weighted by molar-refractivity contribution is -0.124. The molecule has 6 heterocycles. The van der Waals surface area contributed by atoms with Crippen molar-refractivity contribution < 1.29 is 22.8 Å². The summed E-state index contributed by atoms with van der Waals surface area (Å²) in [6, 6.07) is 12.5. The number of benzene rings is 2. The number of likely N-dealkylation sites (tertiary alicyclic amines) is 1. The summed E-state index contributed by atoms with van der Waals surface area (Å²) >= 11 is 6.74. The molecule has 5 atom stereocenters. The Morgan fingerprint density at radius 3 is 2.83 bits per heavy atom. The minimum atomic E-state index is -0.922. The van der Waals surface area contributed by atoms with Crippen LogP contribution in [-0.4, -0.2) is 106 Å². The number of fused-ring (bicyclic) bond motifs is 3. The van der Waals surface area contributed by atoms with Crippen LogP contribution in [0.25, 0.3) is 16.8 Å². The zero-order chi connectivity index (χ0) is 35.6. The average molecular weight is 731 g/mol. The number of hydrogen-bond donors (Lipinski definition) is 0. The molecule has 272 valence electrons. The number of ether oxygens (including phenoxy) is 1. The lowest BCUT2D eigenvalue weighted by atomic mass is 9.95. The largest absolute Gasteiger partial charge is 0.461 e. The number of rotatable bonds is 9. The van der Waals surface area contributed by atoms with Gasteiger partial charge in [-0.1, -0.05) is 41.0 Å². The maximum Gasteiger partial charge on any atom is 0.318 e. The molecule has 0 spiro atoms. The van der Waals surface area contributed by atoms with Crippen molar-refractivity contribution in [2.75, 3.05) is 56.2 Å². The third-order valence-corrected chi connectivity index (χ3v) is 12.0. The summed E-state index contributed by atoms with van der Waals surface area (Å²) in [5.41, 5.74) is 2.67. The van der Waals surface area contributed by atoms with Gasteiger partial charge in [0.15, 0.2) is 5.82 Å². The Balaban J connectivity index is 0.965. The lowest BCUT2D eigenvalue weighted by Gasteiger charge is -2.35. The molecule has 4 aromatic rings. The van der Waals surface area contributed by atoms with Crippen LogP contribution in [0.2, 0.25) is 5.02 Å². The summed E-state index contributed by atoms with van der Waals surface area (Å²) in [4.78, 5) is 36.0. The van der Waals surface area contributed by atoms with Crippen LogP contribution in [-0.2, 0) is 17.8 Å². The Hall–Kier alpha value is -4.36. The monoisotopic (exact) mass is 730 g/mol. The first kappa shape index (κ1) is 33.5. The molecule has 2 aromatic heterocycles. The normalized spacial score (nSPS) is 27.1. The summed E-state index contributed by atoms with van der Waals surface area (Å²) in [7, 11) is 2.02. The van der Waals surface area contributed by atoms with Gasteiger partial charge in [-0.05, 0) is 56.2 Å². The Morgan fingerprint density at radius 1 is 1.13 bits per heavy atom. The number of carbonyl (C=O) groups is 1. The fourth-order valence-electron chi connectivity index (χ4n) is 8.71. The van der Waals surface area contributed by atoms with Crippen molar-refractivity contribution in [3.63, 3.8) is 0 Å². The molecule has 9 rings (SSSR count). The molecule has 0 N–H and O–H groups in total. The number of alkyl halides is 2. The van der Waals surface area contributed by atoms with Crippen LogP contribution in [0, 0.1) is 0 Å². The number of likely N-dealkylation sites (N-methyl/N-ethyl adjacent to an activating group) is 1. The van der Waals surface area contributed by atoms with Gasteiger partial charge in [-0.2, -0.15) is 15.0 Å². The standard InChI is InChI=1S/C38H41ClF2N8O3/c1-46(25-11-15-48(20-25)33(50)10-9-32-43-35(45-52-32)27-17-29(27)41)36-26-12-16-47(31-8-3-6-23-5-2-7-28(39)34(23)31)21-30(26)42-37(44-36)51-22-38-13-4-14-49(38)19-24(40)18-38/h2-3,5-10,24-25,27,29H,4,11-22H2,1H3/b10-9+/t24-,25-,27+,29+,38+/m1/s1. The third-order valence-electron chi connectivity index (χ3n) is 11.7. The van der Waals surface area contributed by atoms with Crippen LogP contribution >= 0.6 is 11.6 Å². The van der Waals surface area contributed by atoms with Gasteiger partial charge in [-0.15, -0.1) is 0 Å². The molecule has 2 aromatic carbocycles. The molecule has 1 saturated carbocycles. The summed E-state index contributed by atoms with van der Waals surface area (Å²) in [5, 5.41) is 6.65. The van der Waals surface area contributed by atoms with Crippen LogP contribution < -0.4 is 14.5 Å². The van der Waals surface area contributed by atoms with Gasteiger partial charge in [0.05, 0.1) is 28.7 Å². The highest BCUT2D eigenvalue weighted by atomic mass is 35.5. The van der Waals surface area contributed by atoms with Crippen LogP contribution in [0.5, 0.6) is 6.01 Å². The molecular weight excluding hydrogens is 690 g/mol. The van der Waals surface area contributed by atoms with Gasteiger partial charge in [0, 0.05) is 74.5 Å². The highest BCUT2D eigenvalue weighted by Gasteiger charge is 2.49. The van der Waals surface area contributed by atoms with E-state index in [0.717, 1.165) is 65.9 Å². The minimum Gasteiger partial charge on any atom is -0.461 e. The second-order valence-corrected chi connectivity index (χ2v) is 15.3. The Morgan fingerprint density at radius 2 is 1.98 bits per heavy atom. The first-order chi connectivity index (χ1) is 25.2. The second kappa shape index (κ2) is 13.2. The van der Waals surface area contributed by atoms with E-state index in [1.165, 1.54) is 12.2 Å². The quantitative estimate of drug-likeness (QED) is 0.198. The Labute approximate surface area is 305 Å². The molecule has 1 amide bonds. The van der Waals surface area contributed by atoms with E-state index >= 15 is 0 Å². The number of halogens is 3. The fourth-order valence-corrected chi connectivity index (χ4v) is 8.99. The van der Waals surface area contributed by atoms with Crippen LogP contribution in [0.15, 0.2) is 47.0 Å². The topological polar surface area (TPSA) is 104 Å². The first-order valence-corrected chi connectivity index (χ1v) is 18.6. The van der Waals surface area contributed by atoms with E-state index in [9.17, 15) is 13.6 Å². The summed E-state index contributed by atoms with van der Waals surface area (Å²) < 4.78 is 39.6. The Bertz CT molecular complexity index is 2040. The molecule has 1 aliphatic carbocycles. The van der Waals surface area contributed by atoms with Gasteiger partial charge in [0.25, 0.3) is 5.89 Å². The van der Waals surface area contributed by atoms with Crippen molar-refractivity contribution in [3.05, 3.63) is 70.5 Å². The number of carbonyl (C=O) groups excluding carboxylic acids is 1. The zero-order valence-corrected chi connectivity index (χ0v) is 29.8. The molecular formula is C38H41ClF2N8O3. The molecule has 4 aliphatic heterocycles. The molecule has 52 heavy (non-hydrogen) atoms. The van der Waals surface area contributed by atoms with E-state index in [2.05, 4.69) is 49.1 Å². The van der Waals surface area contributed by atoms with E-state index in [1.807, 2.05) is 19.2 Å². The molecule has 5 aliphatic rings. The van der Waals surface area contributed by atoms with Crippen molar-refractivity contribution in [2.45, 2.75) is 74.9 Å². The highest BCUT2D eigenvalue weighted by Crippen LogP contribution is 2.43. The van der Waals surface area contributed by atoms with Gasteiger partial charge in [0.1, 0.15) is 24.8 Å². The number of amides is 1. The highest BCUT2D eigenvalue weighted by molar-refractivity contribution is 6.36. The lowest BCUT2D eigenvalue weighted by Crippen LogP contribution is -2.44. The predicted molar refractivity (Wildman–Crippen MR) is 193 cm³/mol. The van der Waals surface area contributed by atoms with Crippen molar-refractivity contribution in [1.29, 1.82) is 0 Å². The van der Waals surface area contributed by atoms with Crippen molar-refractivity contribution in [3.8, 4) is 6.01 Å². The van der Waals surface area contributed by atoms with Crippen LogP contribution in [0.4, 0.5) is 20.3 Å². The van der Waals surface area contributed by atoms with Crippen molar-refractivity contribution >= 4 is 45.9 Å². The van der Waals surface area contributed by atoms with Crippen molar-refractivity contribution in [1.82, 2.24) is 29.9 Å². The van der Waals surface area contributed by atoms with Crippen molar-refractivity contribution in [2.24, 2.45) is 0 Å². The molecule has 3 saturated heterocycles. The van der Waals surface area contributed by atoms with Crippen LogP contribution in [0.1, 0.15) is 61.0 Å². The number of aromatic nitrogens is 4. The summed E-state index contributed by atoms with van der Waals surface area (Å²) in [6.45, 7) is 4.06. The maximum atomic E-state index is 14.6. The van der Waals surface area contributed by atoms with E-state index in [4.69, 9.17) is 30.8 Å². The number of nitrogens with zero attached hydrogens (tertiary/aromatic N) is 8. The second-order valence-electron chi connectivity index (χ2n) is 14.9. The van der Waals surface area contributed by atoms with Gasteiger partial charge in [-0.3, -0.25) is 9.69 Å². The number of hydrogen-bond acceptors (Lipinski definition) is 10. The SMILES string of the molecule is CN(c1nc(OC[C@@]23CCCN2C[C@H](F)C3)nc2c1CCN(c1cccc3cccc(Cl)c13)C2)[C@@H]1CCN(C(=O)/C=C/c2nc([C@H]3C[C@@H]3F)no2)C1. The molecule has 0 unspecified atom stereocenters. The predicted octanol–water partition coefficient (Wildman–Crippen LogP) is 5.76. The molecule has 4 fully saturated rings. The van der Waals surface area contributed by atoms with Crippen LogP contribution in [0.3, 0.4) is 0 Å². The van der Waals surface area contributed by atoms with E-state index in [0.29, 0.717) is 68.9 Å². The van der Waals surface area contributed by atoms with Gasteiger partial charge in [-0.25, -0.2) is 8.78 Å². The van der Waals surface area contributed by atoms with Gasteiger partial charge < -0.3 is 24.0 Å². The van der Waals surface area contributed by atoms with Gasteiger partial charge >= 0.3 is 6.01 Å². The molecule has 14 heteroatoms. The van der Waals surface area contributed by atoms with E-state index < -0.39 is 12.3 Å². The maximum absolute atomic E-state index is 14.6. The van der Waals surface area contributed by atoms with E-state index in [1.54, 1.807) is 4.90 Å². The fraction of sp³-hybridized carbons (Fsp3) is 0.500. The van der Waals surface area contributed by atoms with Gasteiger partial charge in [0.2, 0.25) is 5.91 Å². The average Bonchev–Trinajstić information content (AvgIpc) is 3.62. The first-order valence-electron chi connectivity index (χ1n) is 18.3. The third kappa shape index (κ3) is 6.15. The molecule has 0 bridgehead atoms. The minimum absolute atomic E-state index is 0.0107. The number of anilines is 2. The zero-order valence-electron chi connectivity index (χ0n) is 29.1. The smallest absolute Gasteiger partial charge is 0.318 e. The molecule has 11 nitrogen and oxygen atoms in total. The summed E-state index contributed by atoms with van der Waals surface area (Å²) in [5.74, 6) is 0.864. The molecule has 0 radical (unpaired) electrons.